The zero-order valence-electron chi connectivity index (χ0n) is 13.8. The molecule has 0 aliphatic carbocycles. The van der Waals surface area contributed by atoms with Gasteiger partial charge in [-0.2, -0.15) is 0 Å². The highest BCUT2D eigenvalue weighted by Crippen LogP contribution is 2.17. The van der Waals surface area contributed by atoms with E-state index in [1.165, 1.54) is 0 Å². The maximum Gasteiger partial charge on any atom is 0.319 e. The molecule has 0 aliphatic rings. The molecule has 0 heterocycles. The van der Waals surface area contributed by atoms with Gasteiger partial charge >= 0.3 is 6.03 Å². The van der Waals surface area contributed by atoms with Crippen molar-refractivity contribution in [3.8, 4) is 11.5 Å². The largest absolute Gasteiger partial charge is 0.497 e. The highest BCUT2D eigenvalue weighted by atomic mass is 16.5. The molecule has 24 heavy (non-hydrogen) atoms. The maximum absolute atomic E-state index is 11.9. The van der Waals surface area contributed by atoms with E-state index in [4.69, 9.17) is 9.47 Å². The number of aliphatic hydroxyl groups excluding tert-OH is 1. The molecule has 0 aromatic heterocycles. The van der Waals surface area contributed by atoms with Gasteiger partial charge in [0.25, 0.3) is 0 Å². The Bertz CT molecular complexity index is 641. The number of amides is 2. The topological polar surface area (TPSA) is 79.8 Å². The molecule has 3 N–H and O–H groups in total. The molecule has 2 aromatic rings. The van der Waals surface area contributed by atoms with Crippen molar-refractivity contribution in [3.05, 3.63) is 54.1 Å². The quantitative estimate of drug-likeness (QED) is 0.729. The molecule has 2 aromatic carbocycles. The number of rotatable bonds is 7. The third kappa shape index (κ3) is 5.17. The van der Waals surface area contributed by atoms with Crippen molar-refractivity contribution in [2.45, 2.75) is 13.0 Å². The number of carbonyl (C=O) groups excluding carboxylic acids is 1. The van der Waals surface area contributed by atoms with Crippen LogP contribution in [0.5, 0.6) is 11.5 Å². The molecule has 0 spiro atoms. The minimum atomic E-state index is -0.790. The minimum absolute atomic E-state index is 0.106. The van der Waals surface area contributed by atoms with Crippen LogP contribution in [0.4, 0.5) is 10.5 Å². The molecule has 0 bridgehead atoms. The second-order valence-electron chi connectivity index (χ2n) is 5.08. The van der Waals surface area contributed by atoms with E-state index in [2.05, 4.69) is 10.6 Å². The Morgan fingerprint density at radius 2 is 1.71 bits per heavy atom. The van der Waals surface area contributed by atoms with Crippen LogP contribution in [-0.2, 0) is 0 Å². The summed E-state index contributed by atoms with van der Waals surface area (Å²) in [6.45, 7) is 2.61. The Balaban J connectivity index is 1.81. The smallest absolute Gasteiger partial charge is 0.319 e. The lowest BCUT2D eigenvalue weighted by atomic mass is 10.1. The van der Waals surface area contributed by atoms with E-state index in [-0.39, 0.29) is 12.6 Å². The Morgan fingerprint density at radius 1 is 1.08 bits per heavy atom. The normalized spacial score (nSPS) is 11.5. The van der Waals surface area contributed by atoms with Crippen molar-refractivity contribution in [1.82, 2.24) is 5.32 Å². The first-order valence-electron chi connectivity index (χ1n) is 7.72. The van der Waals surface area contributed by atoms with Crippen molar-refractivity contribution in [3.63, 3.8) is 0 Å². The van der Waals surface area contributed by atoms with Gasteiger partial charge in [-0.3, -0.25) is 0 Å². The number of carbonyl (C=O) groups is 1. The van der Waals surface area contributed by atoms with Gasteiger partial charge < -0.3 is 25.2 Å². The number of ether oxygens (including phenoxy) is 2. The molecule has 128 valence electrons. The van der Waals surface area contributed by atoms with Gasteiger partial charge in [-0.1, -0.05) is 12.1 Å². The summed E-state index contributed by atoms with van der Waals surface area (Å²) in [6.07, 6.45) is -0.790. The monoisotopic (exact) mass is 330 g/mol. The Kier molecular flexibility index (Phi) is 6.45. The van der Waals surface area contributed by atoms with Crippen LogP contribution in [0.15, 0.2) is 48.5 Å². The zero-order chi connectivity index (χ0) is 17.4. The fourth-order valence-electron chi connectivity index (χ4n) is 2.11. The summed E-state index contributed by atoms with van der Waals surface area (Å²) in [6, 6.07) is 13.7. The van der Waals surface area contributed by atoms with Gasteiger partial charge in [0.05, 0.1) is 19.8 Å². The predicted molar refractivity (Wildman–Crippen MR) is 92.6 cm³/mol. The van der Waals surface area contributed by atoms with Crippen LogP contribution in [0.1, 0.15) is 18.6 Å². The number of urea groups is 1. The van der Waals surface area contributed by atoms with Crippen LogP contribution in [0.25, 0.3) is 0 Å². The van der Waals surface area contributed by atoms with Crippen molar-refractivity contribution in [2.75, 3.05) is 25.6 Å². The van der Waals surface area contributed by atoms with Crippen molar-refractivity contribution < 1.29 is 19.4 Å². The molecule has 1 atom stereocenters. The summed E-state index contributed by atoms with van der Waals surface area (Å²) >= 11 is 0. The molecular weight excluding hydrogens is 308 g/mol. The molecule has 0 saturated carbocycles. The molecule has 6 heteroatoms. The molecule has 0 fully saturated rings. The first kappa shape index (κ1) is 17.6. The second kappa shape index (κ2) is 8.79. The lowest BCUT2D eigenvalue weighted by Crippen LogP contribution is -2.32. The van der Waals surface area contributed by atoms with Crippen LogP contribution in [-0.4, -0.2) is 31.4 Å². The van der Waals surface area contributed by atoms with Crippen molar-refractivity contribution >= 4 is 11.7 Å². The van der Waals surface area contributed by atoms with Gasteiger partial charge in [-0.05, 0) is 48.9 Å². The molecule has 0 aliphatic heterocycles. The lowest BCUT2D eigenvalue weighted by Gasteiger charge is -2.13. The zero-order valence-corrected chi connectivity index (χ0v) is 13.8. The van der Waals surface area contributed by atoms with Crippen molar-refractivity contribution in [2.24, 2.45) is 0 Å². The molecule has 2 rings (SSSR count). The highest BCUT2D eigenvalue weighted by Gasteiger charge is 2.10. The third-order valence-electron chi connectivity index (χ3n) is 3.38. The molecule has 2 amide bonds. The van der Waals surface area contributed by atoms with E-state index in [0.717, 1.165) is 5.75 Å². The SMILES string of the molecule is CCOc1ccc(NC(=O)NC[C@@H](O)c2ccc(OC)cc2)cc1. The van der Waals surface area contributed by atoms with E-state index in [1.54, 1.807) is 55.6 Å². The number of anilines is 1. The van der Waals surface area contributed by atoms with Crippen LogP contribution in [0.2, 0.25) is 0 Å². The van der Waals surface area contributed by atoms with Gasteiger partial charge in [-0.15, -0.1) is 0 Å². The van der Waals surface area contributed by atoms with Gasteiger partial charge in [0.1, 0.15) is 11.5 Å². The third-order valence-corrected chi connectivity index (χ3v) is 3.38. The molecule has 0 unspecified atom stereocenters. The molecule has 0 radical (unpaired) electrons. The first-order valence-corrected chi connectivity index (χ1v) is 7.72. The van der Waals surface area contributed by atoms with E-state index in [9.17, 15) is 9.90 Å². The minimum Gasteiger partial charge on any atom is -0.497 e. The van der Waals surface area contributed by atoms with E-state index >= 15 is 0 Å². The number of benzene rings is 2. The Hall–Kier alpha value is -2.73. The first-order chi connectivity index (χ1) is 11.6. The Morgan fingerprint density at radius 3 is 2.29 bits per heavy atom. The second-order valence-corrected chi connectivity index (χ2v) is 5.08. The van der Waals surface area contributed by atoms with Crippen LogP contribution < -0.4 is 20.1 Å². The summed E-state index contributed by atoms with van der Waals surface area (Å²) in [5.74, 6) is 1.46. The fraction of sp³-hybridized carbons (Fsp3) is 0.278. The van der Waals surface area contributed by atoms with E-state index < -0.39 is 6.10 Å². The summed E-state index contributed by atoms with van der Waals surface area (Å²) in [5, 5.41) is 15.4. The lowest BCUT2D eigenvalue weighted by molar-refractivity contribution is 0.175. The number of methoxy groups -OCH3 is 1. The van der Waals surface area contributed by atoms with E-state index in [0.29, 0.717) is 23.6 Å². The summed E-state index contributed by atoms with van der Waals surface area (Å²) < 4.78 is 10.4. The van der Waals surface area contributed by atoms with Crippen molar-refractivity contribution in [1.29, 1.82) is 0 Å². The Labute approximate surface area is 141 Å². The van der Waals surface area contributed by atoms with Crippen LogP contribution >= 0.6 is 0 Å². The summed E-state index contributed by atoms with van der Waals surface area (Å²) in [7, 11) is 1.58. The van der Waals surface area contributed by atoms with Gasteiger partial charge in [0.2, 0.25) is 0 Å². The van der Waals surface area contributed by atoms with Crippen LogP contribution in [0.3, 0.4) is 0 Å². The molecule has 0 saturated heterocycles. The molecular formula is C18H22N2O4. The number of hydrogen-bond donors (Lipinski definition) is 3. The molecule has 6 nitrogen and oxygen atoms in total. The van der Waals surface area contributed by atoms with Gasteiger partial charge in [-0.25, -0.2) is 4.79 Å². The summed E-state index contributed by atoms with van der Waals surface area (Å²) in [5.41, 5.74) is 1.35. The fourth-order valence-corrected chi connectivity index (χ4v) is 2.11. The number of nitrogens with one attached hydrogen (secondary N) is 2. The number of aliphatic hydroxyl groups is 1. The summed E-state index contributed by atoms with van der Waals surface area (Å²) in [4.78, 5) is 11.9. The average molecular weight is 330 g/mol. The average Bonchev–Trinajstić information content (AvgIpc) is 2.61. The van der Waals surface area contributed by atoms with Gasteiger partial charge in [0.15, 0.2) is 0 Å². The standard InChI is InChI=1S/C18H22N2O4/c1-3-24-16-10-6-14(7-11-16)20-18(22)19-12-17(21)13-4-8-15(23-2)9-5-13/h4-11,17,21H,3,12H2,1-2H3,(H2,19,20,22)/t17-/m1/s1. The van der Waals surface area contributed by atoms with Gasteiger partial charge in [0, 0.05) is 12.2 Å². The predicted octanol–water partition coefficient (Wildman–Crippen LogP) is 2.95. The van der Waals surface area contributed by atoms with E-state index in [1.807, 2.05) is 6.92 Å². The van der Waals surface area contributed by atoms with Crippen LogP contribution in [0, 0.1) is 0 Å². The maximum atomic E-state index is 11.9. The highest BCUT2D eigenvalue weighted by molar-refractivity contribution is 5.89. The number of hydrogen-bond acceptors (Lipinski definition) is 4.